The zero-order valence-corrected chi connectivity index (χ0v) is 8.95. The Morgan fingerprint density at radius 3 is 2.53 bits per heavy atom. The Balaban J connectivity index is 2.51. The minimum absolute atomic E-state index is 0.0625. The molecular weight excluding hydrogens is 188 g/mol. The zero-order valence-electron chi connectivity index (χ0n) is 8.95. The monoisotopic (exact) mass is 202 g/mol. The first kappa shape index (κ1) is 9.99. The number of aliphatic hydroxyl groups excluding tert-OH is 1. The lowest BCUT2D eigenvalue weighted by atomic mass is 10.0. The molecule has 1 heterocycles. The predicted molar refractivity (Wildman–Crippen MR) is 59.5 cm³/mol. The molecule has 2 aromatic rings. The first-order chi connectivity index (χ1) is 7.20. The van der Waals surface area contributed by atoms with E-state index in [1.807, 2.05) is 44.2 Å². The number of furan rings is 1. The molecule has 0 amide bonds. The van der Waals surface area contributed by atoms with Crippen LogP contribution in [0.25, 0.3) is 11.3 Å². The summed E-state index contributed by atoms with van der Waals surface area (Å²) in [6, 6.07) is 9.79. The second-order valence-electron chi connectivity index (χ2n) is 3.72. The fourth-order valence-corrected chi connectivity index (χ4v) is 1.61. The van der Waals surface area contributed by atoms with Crippen LogP contribution in [-0.4, -0.2) is 5.11 Å². The van der Waals surface area contributed by atoms with Crippen LogP contribution in [0, 0.1) is 13.8 Å². The molecule has 1 N–H and O–H groups in total. The van der Waals surface area contributed by atoms with E-state index < -0.39 is 0 Å². The van der Waals surface area contributed by atoms with E-state index in [4.69, 9.17) is 9.52 Å². The predicted octanol–water partition coefficient (Wildman–Crippen LogP) is 3.06. The molecule has 0 radical (unpaired) electrons. The van der Waals surface area contributed by atoms with Gasteiger partial charge in [0.1, 0.15) is 11.5 Å². The average molecular weight is 202 g/mol. The van der Waals surface area contributed by atoms with E-state index >= 15 is 0 Å². The number of benzene rings is 1. The largest absolute Gasteiger partial charge is 0.461 e. The van der Waals surface area contributed by atoms with Crippen LogP contribution in [0.1, 0.15) is 16.9 Å². The van der Waals surface area contributed by atoms with Crippen molar-refractivity contribution >= 4 is 0 Å². The molecule has 0 spiro atoms. The van der Waals surface area contributed by atoms with E-state index in [-0.39, 0.29) is 6.61 Å². The number of rotatable bonds is 2. The van der Waals surface area contributed by atoms with Crippen LogP contribution in [0.3, 0.4) is 0 Å². The maximum Gasteiger partial charge on any atom is 0.134 e. The molecule has 0 saturated carbocycles. The molecule has 0 aliphatic rings. The van der Waals surface area contributed by atoms with Gasteiger partial charge >= 0.3 is 0 Å². The minimum Gasteiger partial charge on any atom is -0.461 e. The number of hydrogen-bond acceptors (Lipinski definition) is 2. The van der Waals surface area contributed by atoms with Crippen molar-refractivity contribution in [3.8, 4) is 11.3 Å². The fourth-order valence-electron chi connectivity index (χ4n) is 1.61. The summed E-state index contributed by atoms with van der Waals surface area (Å²) in [6.07, 6.45) is 0. The van der Waals surface area contributed by atoms with Gasteiger partial charge in [-0.1, -0.05) is 12.1 Å². The van der Waals surface area contributed by atoms with Crippen molar-refractivity contribution < 1.29 is 9.52 Å². The van der Waals surface area contributed by atoms with Crippen molar-refractivity contribution in [2.75, 3.05) is 0 Å². The molecular formula is C13H14O2. The van der Waals surface area contributed by atoms with Crippen LogP contribution in [0.5, 0.6) is 0 Å². The van der Waals surface area contributed by atoms with Crippen LogP contribution >= 0.6 is 0 Å². The van der Waals surface area contributed by atoms with E-state index in [0.29, 0.717) is 0 Å². The van der Waals surface area contributed by atoms with Gasteiger partial charge in [0.25, 0.3) is 0 Å². The Hall–Kier alpha value is -1.54. The highest BCUT2D eigenvalue weighted by atomic mass is 16.3. The lowest BCUT2D eigenvalue weighted by Crippen LogP contribution is -1.87. The molecule has 15 heavy (non-hydrogen) atoms. The van der Waals surface area contributed by atoms with E-state index in [1.54, 1.807) is 0 Å². The minimum atomic E-state index is 0.0625. The van der Waals surface area contributed by atoms with Gasteiger partial charge < -0.3 is 9.52 Å². The molecule has 0 aliphatic heterocycles. The van der Waals surface area contributed by atoms with Crippen molar-refractivity contribution in [3.05, 3.63) is 47.2 Å². The van der Waals surface area contributed by atoms with Gasteiger partial charge in [0.2, 0.25) is 0 Å². The van der Waals surface area contributed by atoms with Crippen molar-refractivity contribution in [2.45, 2.75) is 20.5 Å². The van der Waals surface area contributed by atoms with Crippen molar-refractivity contribution in [1.82, 2.24) is 0 Å². The zero-order chi connectivity index (χ0) is 10.8. The Labute approximate surface area is 89.2 Å². The molecule has 0 fully saturated rings. The Kier molecular flexibility index (Phi) is 2.60. The maximum atomic E-state index is 9.07. The lowest BCUT2D eigenvalue weighted by molar-refractivity contribution is 0.282. The molecule has 0 aliphatic carbocycles. The van der Waals surface area contributed by atoms with Gasteiger partial charge in [0, 0.05) is 5.56 Å². The van der Waals surface area contributed by atoms with Gasteiger partial charge in [-0.3, -0.25) is 0 Å². The summed E-state index contributed by atoms with van der Waals surface area (Å²) < 4.78 is 5.57. The highest BCUT2D eigenvalue weighted by Crippen LogP contribution is 2.26. The van der Waals surface area contributed by atoms with Crippen molar-refractivity contribution in [3.63, 3.8) is 0 Å². The first-order valence-corrected chi connectivity index (χ1v) is 4.98. The third-order valence-corrected chi connectivity index (χ3v) is 2.49. The van der Waals surface area contributed by atoms with Crippen LogP contribution in [0.2, 0.25) is 0 Å². The standard InChI is InChI=1S/C13H14O2/c1-9-3-5-11(8-14)7-12(9)13-6-4-10(2)15-13/h3-7,14H,8H2,1-2H3. The van der Waals surface area contributed by atoms with Gasteiger partial charge in [-0.05, 0) is 43.2 Å². The van der Waals surface area contributed by atoms with Gasteiger partial charge in [-0.25, -0.2) is 0 Å². The summed E-state index contributed by atoms with van der Waals surface area (Å²) >= 11 is 0. The third kappa shape index (κ3) is 1.95. The molecule has 2 rings (SSSR count). The van der Waals surface area contributed by atoms with E-state index in [1.165, 1.54) is 0 Å². The molecule has 2 nitrogen and oxygen atoms in total. The molecule has 78 valence electrons. The molecule has 1 aromatic carbocycles. The fraction of sp³-hybridized carbons (Fsp3) is 0.231. The summed E-state index contributed by atoms with van der Waals surface area (Å²) in [4.78, 5) is 0. The summed E-state index contributed by atoms with van der Waals surface area (Å²) in [5, 5.41) is 9.07. The molecule has 2 heteroatoms. The van der Waals surface area contributed by atoms with E-state index in [2.05, 4.69) is 0 Å². The highest BCUT2D eigenvalue weighted by molar-refractivity contribution is 5.63. The number of hydrogen-bond donors (Lipinski definition) is 1. The average Bonchev–Trinajstić information content (AvgIpc) is 2.65. The summed E-state index contributed by atoms with van der Waals surface area (Å²) in [5.74, 6) is 1.76. The molecule has 0 bridgehead atoms. The normalized spacial score (nSPS) is 10.6. The van der Waals surface area contributed by atoms with Gasteiger partial charge in [0.15, 0.2) is 0 Å². The van der Waals surface area contributed by atoms with Crippen LogP contribution in [0.4, 0.5) is 0 Å². The third-order valence-electron chi connectivity index (χ3n) is 2.49. The molecule has 1 aromatic heterocycles. The number of aliphatic hydroxyl groups is 1. The van der Waals surface area contributed by atoms with Crippen LogP contribution in [0.15, 0.2) is 34.7 Å². The smallest absolute Gasteiger partial charge is 0.134 e. The topological polar surface area (TPSA) is 33.4 Å². The second-order valence-corrected chi connectivity index (χ2v) is 3.72. The summed E-state index contributed by atoms with van der Waals surface area (Å²) in [6.45, 7) is 4.02. The molecule has 0 atom stereocenters. The summed E-state index contributed by atoms with van der Waals surface area (Å²) in [7, 11) is 0. The van der Waals surface area contributed by atoms with Gasteiger partial charge in [-0.2, -0.15) is 0 Å². The van der Waals surface area contributed by atoms with Crippen LogP contribution in [-0.2, 0) is 6.61 Å². The maximum absolute atomic E-state index is 9.07. The second kappa shape index (κ2) is 3.91. The van der Waals surface area contributed by atoms with Crippen LogP contribution < -0.4 is 0 Å². The summed E-state index contributed by atoms with van der Waals surface area (Å²) in [5.41, 5.74) is 3.11. The first-order valence-electron chi connectivity index (χ1n) is 4.98. The Bertz CT molecular complexity index is 469. The Morgan fingerprint density at radius 2 is 1.93 bits per heavy atom. The van der Waals surface area contributed by atoms with Gasteiger partial charge in [-0.15, -0.1) is 0 Å². The SMILES string of the molecule is Cc1ccc(-c2cc(CO)ccc2C)o1. The van der Waals surface area contributed by atoms with Gasteiger partial charge in [0.05, 0.1) is 6.61 Å². The Morgan fingerprint density at radius 1 is 1.13 bits per heavy atom. The quantitative estimate of drug-likeness (QED) is 0.811. The molecule has 0 unspecified atom stereocenters. The van der Waals surface area contributed by atoms with Crippen molar-refractivity contribution in [1.29, 1.82) is 0 Å². The lowest BCUT2D eigenvalue weighted by Gasteiger charge is -2.04. The van der Waals surface area contributed by atoms with E-state index in [9.17, 15) is 0 Å². The molecule has 0 saturated heterocycles. The van der Waals surface area contributed by atoms with Crippen molar-refractivity contribution in [2.24, 2.45) is 0 Å². The van der Waals surface area contributed by atoms with E-state index in [0.717, 1.165) is 28.2 Å². The highest BCUT2D eigenvalue weighted by Gasteiger charge is 2.06. The number of aryl methyl sites for hydroxylation is 2.